The third-order valence-electron chi connectivity index (χ3n) is 3.11. The van der Waals surface area contributed by atoms with Gasteiger partial charge in [0.25, 0.3) is 5.91 Å². The first-order valence-electron chi connectivity index (χ1n) is 7.18. The van der Waals surface area contributed by atoms with Crippen LogP contribution in [0, 0.1) is 0 Å². The summed E-state index contributed by atoms with van der Waals surface area (Å²) in [5, 5.41) is 2.55. The third kappa shape index (κ3) is 4.97. The minimum Gasteiger partial charge on any atom is -0.370 e. The van der Waals surface area contributed by atoms with Crippen molar-refractivity contribution in [2.45, 2.75) is 6.18 Å². The number of halogens is 3. The van der Waals surface area contributed by atoms with Crippen LogP contribution in [0.3, 0.4) is 0 Å². The number of guanidine groups is 2. The zero-order valence-electron chi connectivity index (χ0n) is 13.3. The Morgan fingerprint density at radius 3 is 2.15 bits per heavy atom. The fourth-order valence-corrected chi connectivity index (χ4v) is 1.96. The molecule has 7 nitrogen and oxygen atoms in total. The van der Waals surface area contributed by atoms with Crippen LogP contribution in [0.15, 0.2) is 58.5 Å². The molecule has 0 unspecified atom stereocenters. The molecule has 0 atom stereocenters. The lowest BCUT2D eigenvalue weighted by Crippen LogP contribution is -2.26. The molecule has 26 heavy (non-hydrogen) atoms. The van der Waals surface area contributed by atoms with E-state index < -0.39 is 17.6 Å². The maximum atomic E-state index is 12.6. The van der Waals surface area contributed by atoms with Crippen LogP contribution in [0.5, 0.6) is 0 Å². The van der Waals surface area contributed by atoms with E-state index in [1.54, 1.807) is 24.3 Å². The van der Waals surface area contributed by atoms with Crippen molar-refractivity contribution in [2.24, 2.45) is 27.2 Å². The lowest BCUT2D eigenvalue weighted by molar-refractivity contribution is -0.137. The van der Waals surface area contributed by atoms with Gasteiger partial charge in [-0.25, -0.2) is 4.99 Å². The number of aliphatic imine (C=N–C) groups is 2. The van der Waals surface area contributed by atoms with E-state index in [2.05, 4.69) is 15.3 Å². The fraction of sp³-hybridized carbons (Fsp3) is 0.0625. The standard InChI is InChI=1S/C16H15F3N6O/c17-16(18,19)10-7-5-9(6-8-10)13(26)23-11-3-1-2-4-12(11)24-15(22)25-14(20)21/h1-8H,(H,23,26)(H6,20,21,22,24,25). The predicted molar refractivity (Wildman–Crippen MR) is 92.9 cm³/mol. The number of hydrogen-bond donors (Lipinski definition) is 4. The van der Waals surface area contributed by atoms with Gasteiger partial charge in [0, 0.05) is 5.56 Å². The largest absolute Gasteiger partial charge is 0.416 e. The van der Waals surface area contributed by atoms with Gasteiger partial charge in [-0.05, 0) is 36.4 Å². The second-order valence-corrected chi connectivity index (χ2v) is 5.05. The van der Waals surface area contributed by atoms with Gasteiger partial charge in [-0.3, -0.25) is 4.79 Å². The molecule has 1 amide bonds. The molecule has 0 spiro atoms. The molecule has 2 rings (SSSR count). The van der Waals surface area contributed by atoms with E-state index in [4.69, 9.17) is 17.2 Å². The number of nitrogens with one attached hydrogen (secondary N) is 1. The first-order chi connectivity index (χ1) is 12.2. The number of nitrogens with zero attached hydrogens (tertiary/aromatic N) is 2. The number of carbonyl (C=O) groups excluding carboxylic acids is 1. The third-order valence-corrected chi connectivity index (χ3v) is 3.11. The molecule has 0 heterocycles. The van der Waals surface area contributed by atoms with Gasteiger partial charge >= 0.3 is 6.18 Å². The highest BCUT2D eigenvalue weighted by atomic mass is 19.4. The molecule has 2 aromatic carbocycles. The summed E-state index contributed by atoms with van der Waals surface area (Å²) in [5.74, 6) is -1.11. The second-order valence-electron chi connectivity index (χ2n) is 5.05. The number of rotatable bonds is 3. The molecule has 0 aliphatic rings. The molecule has 0 saturated carbocycles. The molecule has 7 N–H and O–H groups in total. The smallest absolute Gasteiger partial charge is 0.370 e. The Labute approximate surface area is 146 Å². The summed E-state index contributed by atoms with van der Waals surface area (Å²) in [5.41, 5.74) is 15.7. The van der Waals surface area contributed by atoms with Crippen molar-refractivity contribution in [3.8, 4) is 0 Å². The minimum atomic E-state index is -4.47. The zero-order chi connectivity index (χ0) is 19.3. The fourth-order valence-electron chi connectivity index (χ4n) is 1.96. The van der Waals surface area contributed by atoms with Gasteiger partial charge in [0.2, 0.25) is 5.96 Å². The Bertz CT molecular complexity index is 855. The SMILES string of the molecule is NC(N)=NC(N)=Nc1ccccc1NC(=O)c1ccc(C(F)(F)F)cc1. The van der Waals surface area contributed by atoms with Gasteiger partial charge < -0.3 is 22.5 Å². The van der Waals surface area contributed by atoms with Gasteiger partial charge in [-0.15, -0.1) is 0 Å². The maximum absolute atomic E-state index is 12.6. The lowest BCUT2D eigenvalue weighted by atomic mass is 10.1. The Morgan fingerprint density at radius 2 is 1.58 bits per heavy atom. The van der Waals surface area contributed by atoms with Crippen molar-refractivity contribution >= 4 is 29.2 Å². The van der Waals surface area contributed by atoms with E-state index in [-0.39, 0.29) is 28.9 Å². The highest BCUT2D eigenvalue weighted by Gasteiger charge is 2.30. The van der Waals surface area contributed by atoms with Crippen LogP contribution in [0.1, 0.15) is 15.9 Å². The Hall–Kier alpha value is -3.56. The zero-order valence-corrected chi connectivity index (χ0v) is 13.3. The minimum absolute atomic E-state index is 0.0500. The molecule has 0 aliphatic carbocycles. The summed E-state index contributed by atoms with van der Waals surface area (Å²) in [6.07, 6.45) is -4.47. The number of benzene rings is 2. The molecule has 10 heteroatoms. The van der Waals surface area contributed by atoms with Crippen LogP contribution in [0.4, 0.5) is 24.5 Å². The van der Waals surface area contributed by atoms with Gasteiger partial charge in [0.15, 0.2) is 5.96 Å². The van der Waals surface area contributed by atoms with Crippen LogP contribution < -0.4 is 22.5 Å². The number of carbonyl (C=O) groups is 1. The monoisotopic (exact) mass is 364 g/mol. The molecule has 0 saturated heterocycles. The van der Waals surface area contributed by atoms with E-state index in [1.165, 1.54) is 0 Å². The Morgan fingerprint density at radius 1 is 0.962 bits per heavy atom. The molecule has 0 aliphatic heterocycles. The molecule has 136 valence electrons. The van der Waals surface area contributed by atoms with Gasteiger partial charge in [-0.2, -0.15) is 18.2 Å². The molecule has 2 aromatic rings. The highest BCUT2D eigenvalue weighted by Crippen LogP contribution is 2.29. The summed E-state index contributed by atoms with van der Waals surface area (Å²) < 4.78 is 37.7. The van der Waals surface area contributed by atoms with Crippen molar-refractivity contribution in [1.29, 1.82) is 0 Å². The summed E-state index contributed by atoms with van der Waals surface area (Å²) >= 11 is 0. The second kappa shape index (κ2) is 7.55. The molecule has 0 fully saturated rings. The van der Waals surface area contributed by atoms with Crippen molar-refractivity contribution in [3.05, 3.63) is 59.7 Å². The van der Waals surface area contributed by atoms with Crippen LogP contribution >= 0.6 is 0 Å². The van der Waals surface area contributed by atoms with Crippen molar-refractivity contribution in [3.63, 3.8) is 0 Å². The number of para-hydroxylation sites is 2. The molecule has 0 bridgehead atoms. The molecular formula is C16H15F3N6O. The normalized spacial score (nSPS) is 11.7. The number of alkyl halides is 3. The van der Waals surface area contributed by atoms with Crippen LogP contribution in [0.25, 0.3) is 0 Å². The summed E-state index contributed by atoms with van der Waals surface area (Å²) in [6.45, 7) is 0. The van der Waals surface area contributed by atoms with Crippen molar-refractivity contribution < 1.29 is 18.0 Å². The number of hydrogen-bond acceptors (Lipinski definition) is 2. The van der Waals surface area contributed by atoms with Crippen molar-refractivity contribution in [2.75, 3.05) is 5.32 Å². The average molecular weight is 364 g/mol. The predicted octanol–water partition coefficient (Wildman–Crippen LogP) is 2.18. The van der Waals surface area contributed by atoms with E-state index in [0.29, 0.717) is 0 Å². The van der Waals surface area contributed by atoms with Crippen LogP contribution in [0.2, 0.25) is 0 Å². The topological polar surface area (TPSA) is 132 Å². The molecular weight excluding hydrogens is 349 g/mol. The van der Waals surface area contributed by atoms with Crippen LogP contribution in [-0.2, 0) is 6.18 Å². The molecule has 0 aromatic heterocycles. The molecule has 0 radical (unpaired) electrons. The first-order valence-corrected chi connectivity index (χ1v) is 7.18. The highest BCUT2D eigenvalue weighted by molar-refractivity contribution is 6.06. The average Bonchev–Trinajstić information content (AvgIpc) is 2.55. The summed E-state index contributed by atoms with van der Waals surface area (Å²) in [6, 6.07) is 10.2. The maximum Gasteiger partial charge on any atom is 0.416 e. The number of anilines is 1. The van der Waals surface area contributed by atoms with Gasteiger partial charge in [0.05, 0.1) is 16.9 Å². The van der Waals surface area contributed by atoms with Gasteiger partial charge in [-0.1, -0.05) is 12.1 Å². The van der Waals surface area contributed by atoms with Crippen LogP contribution in [-0.4, -0.2) is 17.8 Å². The van der Waals surface area contributed by atoms with E-state index in [0.717, 1.165) is 24.3 Å². The summed E-state index contributed by atoms with van der Waals surface area (Å²) in [4.78, 5) is 19.8. The van der Waals surface area contributed by atoms with E-state index in [9.17, 15) is 18.0 Å². The Kier molecular flexibility index (Phi) is 5.45. The quantitative estimate of drug-likeness (QED) is 0.491. The van der Waals surface area contributed by atoms with E-state index >= 15 is 0 Å². The van der Waals surface area contributed by atoms with E-state index in [1.807, 2.05) is 0 Å². The Balaban J connectivity index is 2.23. The first kappa shape index (κ1) is 18.8. The lowest BCUT2D eigenvalue weighted by Gasteiger charge is -2.10. The number of nitrogens with two attached hydrogens (primary N) is 3. The van der Waals surface area contributed by atoms with Gasteiger partial charge in [0.1, 0.15) is 0 Å². The van der Waals surface area contributed by atoms with Crippen molar-refractivity contribution in [1.82, 2.24) is 0 Å². The number of amides is 1. The summed E-state index contributed by atoms with van der Waals surface area (Å²) in [7, 11) is 0.